The highest BCUT2D eigenvalue weighted by atomic mass is 16.5. The van der Waals surface area contributed by atoms with Gasteiger partial charge in [-0.1, -0.05) is 36.8 Å². The van der Waals surface area contributed by atoms with E-state index in [2.05, 4.69) is 12.1 Å². The second-order valence-corrected chi connectivity index (χ2v) is 6.11. The molecule has 2 aliphatic rings. The first-order valence-corrected chi connectivity index (χ1v) is 7.46. The maximum absolute atomic E-state index is 11.8. The molecule has 1 spiro atoms. The standard InChI is InChI=1S/C17H22O2/c18-15-8-4-10-17(12-15)11-5-9-16(17)19-13-14-6-2-1-3-7-14/h1-3,6-7,16H,4-5,8-13H2. The van der Waals surface area contributed by atoms with Crippen LogP contribution in [0.25, 0.3) is 0 Å². The summed E-state index contributed by atoms with van der Waals surface area (Å²) in [5.41, 5.74) is 1.40. The number of carbonyl (C=O) groups is 1. The van der Waals surface area contributed by atoms with Gasteiger partial charge in [-0.15, -0.1) is 0 Å². The van der Waals surface area contributed by atoms with Crippen LogP contribution in [0, 0.1) is 5.41 Å². The summed E-state index contributed by atoms with van der Waals surface area (Å²) in [6.07, 6.45) is 7.59. The van der Waals surface area contributed by atoms with E-state index in [4.69, 9.17) is 4.74 Å². The van der Waals surface area contributed by atoms with Gasteiger partial charge in [0.2, 0.25) is 0 Å². The van der Waals surface area contributed by atoms with Crippen molar-refractivity contribution in [3.8, 4) is 0 Å². The summed E-state index contributed by atoms with van der Waals surface area (Å²) in [6, 6.07) is 10.3. The van der Waals surface area contributed by atoms with Crippen molar-refractivity contribution in [2.24, 2.45) is 5.41 Å². The Hall–Kier alpha value is -1.15. The molecule has 0 aliphatic heterocycles. The molecule has 2 nitrogen and oxygen atoms in total. The Morgan fingerprint density at radius 1 is 1.16 bits per heavy atom. The summed E-state index contributed by atoms with van der Waals surface area (Å²) in [4.78, 5) is 11.8. The van der Waals surface area contributed by atoms with E-state index >= 15 is 0 Å². The largest absolute Gasteiger partial charge is 0.373 e. The molecule has 0 N–H and O–H groups in total. The Bertz CT molecular complexity index is 440. The zero-order valence-corrected chi connectivity index (χ0v) is 11.4. The average Bonchev–Trinajstić information content (AvgIpc) is 2.79. The first-order valence-electron chi connectivity index (χ1n) is 7.46. The molecule has 0 saturated heterocycles. The molecule has 19 heavy (non-hydrogen) atoms. The summed E-state index contributed by atoms with van der Waals surface area (Å²) < 4.78 is 6.18. The van der Waals surface area contributed by atoms with Crippen LogP contribution in [0.2, 0.25) is 0 Å². The Morgan fingerprint density at radius 2 is 1.95 bits per heavy atom. The molecule has 1 aromatic carbocycles. The van der Waals surface area contributed by atoms with Gasteiger partial charge in [0.15, 0.2) is 0 Å². The zero-order chi connectivity index (χ0) is 13.1. The molecule has 2 unspecified atom stereocenters. The van der Waals surface area contributed by atoms with Gasteiger partial charge in [0.1, 0.15) is 5.78 Å². The van der Waals surface area contributed by atoms with Gasteiger partial charge in [0, 0.05) is 18.3 Å². The average molecular weight is 258 g/mol. The van der Waals surface area contributed by atoms with Crippen LogP contribution in [0.4, 0.5) is 0 Å². The molecule has 2 atom stereocenters. The predicted molar refractivity (Wildman–Crippen MR) is 74.8 cm³/mol. The fourth-order valence-electron chi connectivity index (χ4n) is 3.83. The van der Waals surface area contributed by atoms with Crippen LogP contribution < -0.4 is 0 Å². The maximum Gasteiger partial charge on any atom is 0.133 e. The monoisotopic (exact) mass is 258 g/mol. The summed E-state index contributed by atoms with van der Waals surface area (Å²) in [5.74, 6) is 0.446. The zero-order valence-electron chi connectivity index (χ0n) is 11.4. The molecule has 1 aromatic rings. The van der Waals surface area contributed by atoms with Gasteiger partial charge >= 0.3 is 0 Å². The molecular formula is C17H22O2. The van der Waals surface area contributed by atoms with E-state index in [-0.39, 0.29) is 11.5 Å². The van der Waals surface area contributed by atoms with E-state index < -0.39 is 0 Å². The molecule has 0 bridgehead atoms. The Labute approximate surface area is 115 Å². The summed E-state index contributed by atoms with van der Waals surface area (Å²) in [7, 11) is 0. The lowest BCUT2D eigenvalue weighted by Gasteiger charge is -2.38. The van der Waals surface area contributed by atoms with Crippen molar-refractivity contribution >= 4 is 5.78 Å². The number of hydrogen-bond donors (Lipinski definition) is 0. The highest BCUT2D eigenvalue weighted by molar-refractivity contribution is 5.80. The Morgan fingerprint density at radius 3 is 2.74 bits per heavy atom. The number of ether oxygens (including phenoxy) is 1. The SMILES string of the molecule is O=C1CCCC2(CCCC2OCc2ccccc2)C1. The minimum atomic E-state index is 0.171. The van der Waals surface area contributed by atoms with E-state index in [1.807, 2.05) is 18.2 Å². The van der Waals surface area contributed by atoms with Crippen molar-refractivity contribution in [2.75, 3.05) is 0 Å². The molecule has 0 aromatic heterocycles. The molecular weight excluding hydrogens is 236 g/mol. The molecule has 0 heterocycles. The number of rotatable bonds is 3. The highest BCUT2D eigenvalue weighted by Crippen LogP contribution is 2.49. The first-order chi connectivity index (χ1) is 9.28. The third-order valence-corrected chi connectivity index (χ3v) is 4.80. The molecule has 0 radical (unpaired) electrons. The number of ketones is 1. The van der Waals surface area contributed by atoms with E-state index in [9.17, 15) is 4.79 Å². The summed E-state index contributed by atoms with van der Waals surface area (Å²) in [6.45, 7) is 0.682. The van der Waals surface area contributed by atoms with Crippen LogP contribution in [0.15, 0.2) is 30.3 Å². The van der Waals surface area contributed by atoms with Crippen molar-refractivity contribution < 1.29 is 9.53 Å². The smallest absolute Gasteiger partial charge is 0.133 e. The van der Waals surface area contributed by atoms with Crippen LogP contribution in [0.5, 0.6) is 0 Å². The maximum atomic E-state index is 11.8. The third-order valence-electron chi connectivity index (χ3n) is 4.80. The fourth-order valence-corrected chi connectivity index (χ4v) is 3.83. The predicted octanol–water partition coefficient (Wildman–Crippen LogP) is 3.89. The molecule has 102 valence electrons. The summed E-state index contributed by atoms with van der Waals surface area (Å²) >= 11 is 0. The number of carbonyl (C=O) groups excluding carboxylic acids is 1. The molecule has 2 fully saturated rings. The van der Waals surface area contributed by atoms with Crippen molar-refractivity contribution in [2.45, 2.75) is 57.7 Å². The quantitative estimate of drug-likeness (QED) is 0.822. The van der Waals surface area contributed by atoms with Gasteiger partial charge in [-0.25, -0.2) is 0 Å². The Balaban J connectivity index is 1.65. The minimum Gasteiger partial charge on any atom is -0.373 e. The van der Waals surface area contributed by atoms with Crippen molar-refractivity contribution in [1.29, 1.82) is 0 Å². The second kappa shape index (κ2) is 5.46. The summed E-state index contributed by atoms with van der Waals surface area (Å²) in [5, 5.41) is 0. The lowest BCUT2D eigenvalue weighted by Crippen LogP contribution is -2.37. The van der Waals surface area contributed by atoms with Gasteiger partial charge in [-0.2, -0.15) is 0 Å². The van der Waals surface area contributed by atoms with E-state index in [0.29, 0.717) is 12.4 Å². The van der Waals surface area contributed by atoms with Gasteiger partial charge < -0.3 is 4.74 Å². The van der Waals surface area contributed by atoms with Crippen LogP contribution in [0.3, 0.4) is 0 Å². The van der Waals surface area contributed by atoms with Gasteiger partial charge in [-0.05, 0) is 31.2 Å². The highest BCUT2D eigenvalue weighted by Gasteiger charge is 2.46. The lowest BCUT2D eigenvalue weighted by atomic mass is 9.71. The third kappa shape index (κ3) is 2.74. The number of benzene rings is 1. The van der Waals surface area contributed by atoms with E-state index in [0.717, 1.165) is 25.7 Å². The van der Waals surface area contributed by atoms with Crippen molar-refractivity contribution in [1.82, 2.24) is 0 Å². The van der Waals surface area contributed by atoms with Gasteiger partial charge in [0.25, 0.3) is 0 Å². The second-order valence-electron chi connectivity index (χ2n) is 6.11. The molecule has 2 aliphatic carbocycles. The normalized spacial score (nSPS) is 30.9. The van der Waals surface area contributed by atoms with Crippen LogP contribution in [-0.4, -0.2) is 11.9 Å². The molecule has 0 amide bonds. The van der Waals surface area contributed by atoms with Crippen LogP contribution in [-0.2, 0) is 16.1 Å². The van der Waals surface area contributed by atoms with E-state index in [1.165, 1.54) is 24.8 Å². The number of Topliss-reactive ketones (excluding diaryl/α,β-unsaturated/α-hetero) is 1. The van der Waals surface area contributed by atoms with Gasteiger partial charge in [-0.3, -0.25) is 4.79 Å². The lowest BCUT2D eigenvalue weighted by molar-refractivity contribution is -0.128. The molecule has 2 heteroatoms. The van der Waals surface area contributed by atoms with E-state index in [1.54, 1.807) is 0 Å². The molecule has 3 rings (SSSR count). The first kappa shape index (κ1) is 12.9. The van der Waals surface area contributed by atoms with Gasteiger partial charge in [0.05, 0.1) is 12.7 Å². The minimum absolute atomic E-state index is 0.171. The van der Waals surface area contributed by atoms with Crippen LogP contribution in [0.1, 0.15) is 50.5 Å². The van der Waals surface area contributed by atoms with Crippen molar-refractivity contribution in [3.63, 3.8) is 0 Å². The Kier molecular flexibility index (Phi) is 3.69. The topological polar surface area (TPSA) is 26.3 Å². The van der Waals surface area contributed by atoms with Crippen LogP contribution >= 0.6 is 0 Å². The fraction of sp³-hybridized carbons (Fsp3) is 0.588. The van der Waals surface area contributed by atoms with Crippen molar-refractivity contribution in [3.05, 3.63) is 35.9 Å². The number of hydrogen-bond acceptors (Lipinski definition) is 2. The molecule has 2 saturated carbocycles.